The van der Waals surface area contributed by atoms with Crippen LogP contribution in [0.4, 0.5) is 10.5 Å². The average Bonchev–Trinajstić information content (AvgIpc) is 2.63. The normalized spacial score (nSPS) is 10.1. The van der Waals surface area contributed by atoms with Crippen LogP contribution in [0.3, 0.4) is 0 Å². The fourth-order valence-electron chi connectivity index (χ4n) is 2.36. The van der Waals surface area contributed by atoms with Crippen molar-refractivity contribution in [3.63, 3.8) is 0 Å². The van der Waals surface area contributed by atoms with E-state index >= 15 is 0 Å². The number of esters is 1. The molecule has 2 N–H and O–H groups in total. The van der Waals surface area contributed by atoms with Crippen molar-refractivity contribution in [2.75, 3.05) is 19.0 Å². The minimum atomic E-state index is -0.731. The standard InChI is InChI=1S/C20H22N2O5/c1-12-6-5-7-16(14(12)3)21-20(25)22-18(23)11-27-19(24)15-9-8-13(2)17(10-15)26-4/h5-10H,11H2,1-4H3,(H2,21,22,23,25). The maximum atomic E-state index is 12.0. The molecule has 0 unspecified atom stereocenters. The number of benzene rings is 2. The van der Waals surface area contributed by atoms with Crippen molar-refractivity contribution in [2.45, 2.75) is 20.8 Å². The van der Waals surface area contributed by atoms with Crippen LogP contribution < -0.4 is 15.4 Å². The van der Waals surface area contributed by atoms with Gasteiger partial charge < -0.3 is 14.8 Å². The van der Waals surface area contributed by atoms with Crippen LogP contribution in [0.1, 0.15) is 27.0 Å². The van der Waals surface area contributed by atoms with Crippen molar-refractivity contribution in [3.05, 3.63) is 58.7 Å². The van der Waals surface area contributed by atoms with Crippen molar-refractivity contribution in [3.8, 4) is 5.75 Å². The molecule has 0 fully saturated rings. The average molecular weight is 370 g/mol. The quantitative estimate of drug-likeness (QED) is 0.789. The lowest BCUT2D eigenvalue weighted by atomic mass is 10.1. The predicted octanol–water partition coefficient (Wildman–Crippen LogP) is 3.13. The van der Waals surface area contributed by atoms with E-state index in [1.54, 1.807) is 24.3 Å². The number of nitrogens with one attached hydrogen (secondary N) is 2. The summed E-state index contributed by atoms with van der Waals surface area (Å²) < 4.78 is 10.1. The number of hydrogen-bond donors (Lipinski definition) is 2. The van der Waals surface area contributed by atoms with Crippen LogP contribution in [0.25, 0.3) is 0 Å². The van der Waals surface area contributed by atoms with E-state index in [9.17, 15) is 14.4 Å². The summed E-state index contributed by atoms with van der Waals surface area (Å²) in [7, 11) is 1.50. The molecule has 27 heavy (non-hydrogen) atoms. The molecule has 0 radical (unpaired) electrons. The zero-order valence-corrected chi connectivity index (χ0v) is 15.7. The third kappa shape index (κ3) is 5.31. The smallest absolute Gasteiger partial charge is 0.338 e. The number of urea groups is 1. The third-order valence-corrected chi connectivity index (χ3v) is 4.08. The molecule has 0 bridgehead atoms. The van der Waals surface area contributed by atoms with E-state index in [4.69, 9.17) is 9.47 Å². The van der Waals surface area contributed by atoms with Crippen LogP contribution in [-0.4, -0.2) is 31.6 Å². The van der Waals surface area contributed by atoms with Gasteiger partial charge in [0.25, 0.3) is 5.91 Å². The summed E-state index contributed by atoms with van der Waals surface area (Å²) in [6, 6.07) is 9.58. The summed E-state index contributed by atoms with van der Waals surface area (Å²) in [6.45, 7) is 5.05. The molecule has 3 amide bonds. The molecular formula is C20H22N2O5. The number of methoxy groups -OCH3 is 1. The number of amides is 3. The molecule has 2 aromatic carbocycles. The van der Waals surface area contributed by atoms with Gasteiger partial charge in [0.05, 0.1) is 12.7 Å². The van der Waals surface area contributed by atoms with Crippen LogP contribution >= 0.6 is 0 Å². The number of anilines is 1. The fourth-order valence-corrected chi connectivity index (χ4v) is 2.36. The van der Waals surface area contributed by atoms with E-state index in [1.165, 1.54) is 13.2 Å². The predicted molar refractivity (Wildman–Crippen MR) is 101 cm³/mol. The topological polar surface area (TPSA) is 93.7 Å². The van der Waals surface area contributed by atoms with Gasteiger partial charge in [0.15, 0.2) is 6.61 Å². The fraction of sp³-hybridized carbons (Fsp3) is 0.250. The minimum absolute atomic E-state index is 0.255. The van der Waals surface area contributed by atoms with Gasteiger partial charge in [-0.15, -0.1) is 0 Å². The highest BCUT2D eigenvalue weighted by Crippen LogP contribution is 2.19. The summed E-state index contributed by atoms with van der Waals surface area (Å²) in [5.41, 5.74) is 3.64. The molecular weight excluding hydrogens is 348 g/mol. The first kappa shape index (κ1) is 20.0. The molecule has 0 heterocycles. The van der Waals surface area contributed by atoms with Crippen molar-refractivity contribution in [1.82, 2.24) is 5.32 Å². The highest BCUT2D eigenvalue weighted by molar-refractivity contribution is 6.02. The van der Waals surface area contributed by atoms with E-state index in [2.05, 4.69) is 10.6 Å². The number of aryl methyl sites for hydroxylation is 2. The Morgan fingerprint density at radius 3 is 2.44 bits per heavy atom. The molecule has 7 heteroatoms. The SMILES string of the molecule is COc1cc(C(=O)OCC(=O)NC(=O)Nc2cccc(C)c2C)ccc1C. The number of carbonyl (C=O) groups is 3. The first-order valence-electron chi connectivity index (χ1n) is 8.30. The second-order valence-electron chi connectivity index (χ2n) is 6.01. The van der Waals surface area contributed by atoms with E-state index < -0.39 is 24.5 Å². The summed E-state index contributed by atoms with van der Waals surface area (Å²) in [6.07, 6.45) is 0. The van der Waals surface area contributed by atoms with E-state index in [0.29, 0.717) is 11.4 Å². The molecule has 0 aliphatic rings. The van der Waals surface area contributed by atoms with E-state index in [0.717, 1.165) is 16.7 Å². The first-order valence-corrected chi connectivity index (χ1v) is 8.30. The van der Waals surface area contributed by atoms with Gasteiger partial charge in [0.1, 0.15) is 5.75 Å². The Balaban J connectivity index is 1.87. The molecule has 142 valence electrons. The molecule has 2 aromatic rings. The van der Waals surface area contributed by atoms with Crippen LogP contribution in [0.2, 0.25) is 0 Å². The van der Waals surface area contributed by atoms with Crippen molar-refractivity contribution in [1.29, 1.82) is 0 Å². The number of hydrogen-bond acceptors (Lipinski definition) is 5. The molecule has 0 atom stereocenters. The molecule has 0 spiro atoms. The molecule has 0 aromatic heterocycles. The summed E-state index contributed by atoms with van der Waals surface area (Å²) in [5, 5.41) is 4.72. The molecule has 0 aliphatic carbocycles. The Kier molecular flexibility index (Phi) is 6.54. The van der Waals surface area contributed by atoms with Crippen molar-refractivity contribution >= 4 is 23.6 Å². The van der Waals surface area contributed by atoms with Crippen LogP contribution in [-0.2, 0) is 9.53 Å². The Hall–Kier alpha value is -3.35. The number of ether oxygens (including phenoxy) is 2. The Bertz CT molecular complexity index is 877. The second-order valence-corrected chi connectivity index (χ2v) is 6.01. The highest BCUT2D eigenvalue weighted by atomic mass is 16.5. The maximum Gasteiger partial charge on any atom is 0.338 e. The van der Waals surface area contributed by atoms with Gasteiger partial charge in [0.2, 0.25) is 0 Å². The van der Waals surface area contributed by atoms with Gasteiger partial charge in [0, 0.05) is 5.69 Å². The first-order chi connectivity index (χ1) is 12.8. The summed E-state index contributed by atoms with van der Waals surface area (Å²) in [5.74, 6) is -0.870. The Morgan fingerprint density at radius 1 is 1.00 bits per heavy atom. The zero-order valence-electron chi connectivity index (χ0n) is 15.7. The van der Waals surface area contributed by atoms with Gasteiger partial charge in [-0.1, -0.05) is 18.2 Å². The molecule has 0 aliphatic heterocycles. The summed E-state index contributed by atoms with van der Waals surface area (Å²) in [4.78, 5) is 35.8. The minimum Gasteiger partial charge on any atom is -0.496 e. The van der Waals surface area contributed by atoms with Crippen LogP contribution in [0.5, 0.6) is 5.75 Å². The lowest BCUT2D eigenvalue weighted by Gasteiger charge is -2.11. The van der Waals surface area contributed by atoms with Gasteiger partial charge in [-0.25, -0.2) is 9.59 Å². The van der Waals surface area contributed by atoms with Gasteiger partial charge in [-0.2, -0.15) is 0 Å². The molecule has 0 saturated heterocycles. The Morgan fingerprint density at radius 2 is 1.74 bits per heavy atom. The van der Waals surface area contributed by atoms with Crippen molar-refractivity contribution < 1.29 is 23.9 Å². The van der Waals surface area contributed by atoms with Crippen molar-refractivity contribution in [2.24, 2.45) is 0 Å². The molecule has 2 rings (SSSR count). The van der Waals surface area contributed by atoms with Crippen LogP contribution in [0, 0.1) is 20.8 Å². The lowest BCUT2D eigenvalue weighted by Crippen LogP contribution is -2.37. The van der Waals surface area contributed by atoms with Gasteiger partial charge in [-0.3, -0.25) is 10.1 Å². The van der Waals surface area contributed by atoms with E-state index in [-0.39, 0.29) is 5.56 Å². The lowest BCUT2D eigenvalue weighted by molar-refractivity contribution is -0.123. The monoisotopic (exact) mass is 370 g/mol. The molecule has 0 saturated carbocycles. The number of rotatable bonds is 5. The second kappa shape index (κ2) is 8.84. The van der Waals surface area contributed by atoms with E-state index in [1.807, 2.05) is 26.8 Å². The largest absolute Gasteiger partial charge is 0.496 e. The Labute approximate surface area is 157 Å². The zero-order chi connectivity index (χ0) is 20.0. The number of carbonyl (C=O) groups excluding carboxylic acids is 3. The van der Waals surface area contributed by atoms with Crippen LogP contribution in [0.15, 0.2) is 36.4 Å². The maximum absolute atomic E-state index is 12.0. The summed E-state index contributed by atoms with van der Waals surface area (Å²) >= 11 is 0. The third-order valence-electron chi connectivity index (χ3n) is 4.08. The number of imide groups is 1. The van der Waals surface area contributed by atoms with Gasteiger partial charge in [-0.05, 0) is 55.7 Å². The molecule has 7 nitrogen and oxygen atoms in total. The van der Waals surface area contributed by atoms with Gasteiger partial charge >= 0.3 is 12.0 Å². The highest BCUT2D eigenvalue weighted by Gasteiger charge is 2.14.